The van der Waals surface area contributed by atoms with Crippen molar-refractivity contribution >= 4 is 46.4 Å². The van der Waals surface area contributed by atoms with E-state index in [0.717, 1.165) is 38.9 Å². The fourth-order valence-corrected chi connectivity index (χ4v) is 9.71. The van der Waals surface area contributed by atoms with Crippen LogP contribution in [0.5, 0.6) is 0 Å². The van der Waals surface area contributed by atoms with Crippen LogP contribution in [-0.2, 0) is 38.5 Å². The number of furan rings is 1. The minimum atomic E-state index is -2.17. The summed E-state index contributed by atoms with van der Waals surface area (Å²) in [5.74, 6) is -0.274. The van der Waals surface area contributed by atoms with E-state index in [1.54, 1.807) is 42.6 Å². The molecule has 0 unspecified atom stereocenters. The zero-order chi connectivity index (χ0) is 50.5. The minimum Gasteiger partial charge on any atom is -0.499 e. The van der Waals surface area contributed by atoms with E-state index in [1.165, 1.54) is 27.9 Å². The Morgan fingerprint density at radius 3 is 2.28 bits per heavy atom. The number of rotatable bonds is 9. The van der Waals surface area contributed by atoms with E-state index >= 15 is 0 Å². The number of imidazole rings is 1. The maximum Gasteiger partial charge on any atom is 0.139 e. The maximum absolute atomic E-state index is 14.8. The van der Waals surface area contributed by atoms with Gasteiger partial charge in [0.05, 0.1) is 36.0 Å². The van der Waals surface area contributed by atoms with Gasteiger partial charge in [-0.05, 0) is 87.0 Å². The third kappa shape index (κ3) is 10.1. The molecule has 4 aromatic heterocycles. The first-order valence-corrected chi connectivity index (χ1v) is 26.3. The monoisotopic (exact) mass is 1090 g/mol. The van der Waals surface area contributed by atoms with Gasteiger partial charge in [-0.15, -0.1) is 53.6 Å². The molecule has 6 aromatic carbocycles. The Hall–Kier alpha value is -6.31. The Bertz CT molecular complexity index is 3460. The van der Waals surface area contributed by atoms with Crippen molar-refractivity contribution in [3.63, 3.8) is 0 Å². The van der Waals surface area contributed by atoms with Gasteiger partial charge in [0.25, 0.3) is 0 Å². The normalized spacial score (nSPS) is 13.0. The molecule has 8 heteroatoms. The Balaban J connectivity index is 0.000000278. The van der Waals surface area contributed by atoms with Gasteiger partial charge in [0, 0.05) is 50.1 Å². The molecule has 0 aliphatic carbocycles. The van der Waals surface area contributed by atoms with Crippen LogP contribution in [0.2, 0.25) is 19.6 Å². The Labute approximate surface area is 420 Å². The molecule has 0 spiro atoms. The molecule has 5 nitrogen and oxygen atoms in total. The third-order valence-corrected chi connectivity index (χ3v) is 14.4. The van der Waals surface area contributed by atoms with Gasteiger partial charge >= 0.3 is 0 Å². The van der Waals surface area contributed by atoms with Crippen LogP contribution in [0, 0.1) is 24.8 Å². The van der Waals surface area contributed by atoms with Crippen LogP contribution in [0.25, 0.3) is 78.0 Å². The van der Waals surface area contributed by atoms with Gasteiger partial charge in [0.2, 0.25) is 0 Å². The van der Waals surface area contributed by atoms with Crippen LogP contribution in [0.1, 0.15) is 68.2 Å². The number of aryl methyl sites for hydroxylation is 2. The Kier molecular flexibility index (Phi) is 12.5. The smallest absolute Gasteiger partial charge is 0.139 e. The number of hydrogen-bond acceptors (Lipinski definition) is 4. The molecular weight excluding hydrogens is 1030 g/mol. The van der Waals surface area contributed by atoms with Gasteiger partial charge < -0.3 is 14.0 Å². The van der Waals surface area contributed by atoms with Crippen molar-refractivity contribution < 1.29 is 34.4 Å². The molecule has 0 saturated carbocycles. The number of fused-ring (bicyclic) bond motifs is 4. The van der Waals surface area contributed by atoms with Gasteiger partial charge in [-0.3, -0.25) is 9.97 Å². The molecule has 0 atom stereocenters. The summed E-state index contributed by atoms with van der Waals surface area (Å²) in [6.45, 7) is 15.8. The van der Waals surface area contributed by atoms with Crippen molar-refractivity contribution in [3.05, 3.63) is 192 Å². The van der Waals surface area contributed by atoms with E-state index in [9.17, 15) is 4.39 Å². The maximum atomic E-state index is 14.8. The molecule has 10 rings (SSSR count). The molecular formula is C60H57FIrN4OSi-2. The van der Waals surface area contributed by atoms with Crippen molar-refractivity contribution in [1.82, 2.24) is 19.5 Å². The van der Waals surface area contributed by atoms with E-state index < -0.39 is 20.8 Å². The number of hydrogen-bond donors (Lipinski definition) is 0. The van der Waals surface area contributed by atoms with Gasteiger partial charge in [-0.2, -0.15) is 0 Å². The summed E-state index contributed by atoms with van der Waals surface area (Å²) in [6, 6.07) is 50.9. The summed E-state index contributed by atoms with van der Waals surface area (Å²) in [4.78, 5) is 14.4. The zero-order valence-corrected chi connectivity index (χ0v) is 43.2. The van der Waals surface area contributed by atoms with E-state index in [-0.39, 0.29) is 36.9 Å². The van der Waals surface area contributed by atoms with Crippen LogP contribution < -0.4 is 5.19 Å². The predicted octanol–water partition coefficient (Wildman–Crippen LogP) is 15.3. The van der Waals surface area contributed by atoms with E-state index in [1.807, 2.05) is 62.5 Å². The summed E-state index contributed by atoms with van der Waals surface area (Å²) in [7, 11) is -1.29. The molecule has 0 aliphatic heterocycles. The summed E-state index contributed by atoms with van der Waals surface area (Å²) in [5, 5.41) is 2.18. The molecule has 0 fully saturated rings. The molecule has 4 heterocycles. The van der Waals surface area contributed by atoms with Crippen molar-refractivity contribution in [2.24, 2.45) is 0 Å². The molecule has 0 N–H and O–H groups in total. The minimum absolute atomic E-state index is 0. The topological polar surface area (TPSA) is 56.7 Å². The standard InChI is InChI=1S/C43H35FN3O.C17H22NSi.Ir/c1-27-16-18-28(19-17-27)30-24-39-40(45-26-30)34-13-8-14-35(41(34)48-39)42-46-37-21-20-31(44)25-38(37)47(42)23-22-33-32(29-10-6-5-7-11-29)12-9-15-36(33)43(2,3)4;1-13(2)14-6-8-15(9-7-14)17-11-10-16(12-18-17)19(3,4)5;/h5-13,15-21,24-26H,22-23H2,1-4H3;6-8,10-13H,1-5H3;/q2*-1;/i1D3;13D;. The molecule has 0 bridgehead atoms. The van der Waals surface area contributed by atoms with E-state index in [4.69, 9.17) is 19.9 Å². The molecule has 0 saturated heterocycles. The van der Waals surface area contributed by atoms with Crippen molar-refractivity contribution in [2.45, 2.75) is 85.4 Å². The first-order valence-electron chi connectivity index (χ1n) is 24.8. The fraction of sp³-hybridized carbons (Fsp3) is 0.217. The average Bonchev–Trinajstić information content (AvgIpc) is 3.90. The zero-order valence-electron chi connectivity index (χ0n) is 43.8. The first-order chi connectivity index (χ1) is 33.6. The van der Waals surface area contributed by atoms with E-state index in [0.29, 0.717) is 52.1 Å². The van der Waals surface area contributed by atoms with Crippen LogP contribution in [-0.4, -0.2) is 27.6 Å². The molecule has 10 aromatic rings. The van der Waals surface area contributed by atoms with Crippen LogP contribution in [0.3, 0.4) is 0 Å². The number of pyridine rings is 2. The van der Waals surface area contributed by atoms with Gasteiger partial charge in [-0.25, -0.2) is 4.39 Å². The Morgan fingerprint density at radius 1 is 0.809 bits per heavy atom. The third-order valence-electron chi connectivity index (χ3n) is 12.4. The van der Waals surface area contributed by atoms with Gasteiger partial charge in [0.15, 0.2) is 0 Å². The van der Waals surface area contributed by atoms with Crippen molar-refractivity contribution in [3.8, 4) is 44.9 Å². The SMILES string of the molecule is [2H]C(C)(C)c1c[c-]c(-c2ccc([Si](C)(C)C)cn2)cc1.[2H]C([2H])([2H])c1ccc(-c2cnc3c(c2)oc2c(-c4nc5ccc(F)cc5n4CCc4c(-c5ccccc5)cccc4C(C)(C)C)[c-]ccc23)cc1.[Ir]. The second kappa shape index (κ2) is 19.7. The van der Waals surface area contributed by atoms with Crippen LogP contribution in [0.15, 0.2) is 156 Å². The summed E-state index contributed by atoms with van der Waals surface area (Å²) in [5.41, 5.74) is 13.5. The van der Waals surface area contributed by atoms with Gasteiger partial charge in [-0.1, -0.05) is 156 Å². The average molecular weight is 1090 g/mol. The van der Waals surface area contributed by atoms with Crippen LogP contribution in [0.4, 0.5) is 4.39 Å². The fourth-order valence-electron chi connectivity index (χ4n) is 8.67. The number of halogens is 1. The number of nitrogens with zero attached hydrogens (tertiary/aromatic N) is 4. The van der Waals surface area contributed by atoms with E-state index in [2.05, 4.69) is 117 Å². The molecule has 1 radical (unpaired) electrons. The second-order valence-corrected chi connectivity index (χ2v) is 24.5. The second-order valence-electron chi connectivity index (χ2n) is 19.4. The van der Waals surface area contributed by atoms with Crippen molar-refractivity contribution in [2.75, 3.05) is 0 Å². The predicted molar refractivity (Wildman–Crippen MR) is 279 cm³/mol. The summed E-state index contributed by atoms with van der Waals surface area (Å²) < 4.78 is 54.6. The molecule has 0 amide bonds. The molecule has 345 valence electrons. The van der Waals surface area contributed by atoms with Crippen LogP contribution >= 0.6 is 0 Å². The Morgan fingerprint density at radius 2 is 1.60 bits per heavy atom. The number of benzene rings is 6. The quantitative estimate of drug-likeness (QED) is 0.107. The molecule has 0 aliphatic rings. The van der Waals surface area contributed by atoms with Gasteiger partial charge in [0.1, 0.15) is 11.4 Å². The molecule has 68 heavy (non-hydrogen) atoms. The number of aromatic nitrogens is 4. The first kappa shape index (κ1) is 43.0. The summed E-state index contributed by atoms with van der Waals surface area (Å²) >= 11 is 0. The largest absolute Gasteiger partial charge is 0.499 e. The van der Waals surface area contributed by atoms with Crippen molar-refractivity contribution in [1.29, 1.82) is 0 Å². The summed E-state index contributed by atoms with van der Waals surface area (Å²) in [6.07, 6.45) is 4.46.